The van der Waals surface area contributed by atoms with Gasteiger partial charge in [-0.3, -0.25) is 0 Å². The van der Waals surface area contributed by atoms with Crippen LogP contribution in [0.25, 0.3) is 16.8 Å². The maximum Gasteiger partial charge on any atom is 0.130 e. The van der Waals surface area contributed by atoms with Gasteiger partial charge in [-0.2, -0.15) is 0 Å². The highest BCUT2D eigenvalue weighted by Gasteiger charge is 2.02. The molecule has 2 aromatic carbocycles. The lowest BCUT2D eigenvalue weighted by molar-refractivity contribution is 0.480. The zero-order chi connectivity index (χ0) is 10.7. The first-order chi connectivity index (χ1) is 7.33. The molecule has 0 atom stereocenters. The monoisotopic (exact) mass is 218 g/mol. The highest BCUT2D eigenvalue weighted by atomic mass is 35.5. The first-order valence-corrected chi connectivity index (χ1v) is 5.29. The van der Waals surface area contributed by atoms with E-state index >= 15 is 0 Å². The molecule has 0 saturated heterocycles. The maximum atomic E-state index is 9.98. The predicted octanol–water partition coefficient (Wildman–Crippen LogP) is 3.80. The van der Waals surface area contributed by atoms with Gasteiger partial charge in [0.2, 0.25) is 0 Å². The second kappa shape index (κ2) is 4.37. The number of hydrogen-bond donors (Lipinski definition) is 1. The van der Waals surface area contributed by atoms with Gasteiger partial charge in [0.25, 0.3) is 0 Å². The fourth-order valence-electron chi connectivity index (χ4n) is 1.58. The average Bonchev–Trinajstić information content (AvgIpc) is 2.29. The molecule has 15 heavy (non-hydrogen) atoms. The van der Waals surface area contributed by atoms with Gasteiger partial charge in [-0.25, -0.2) is 0 Å². The minimum absolute atomic E-state index is 0.314. The maximum absolute atomic E-state index is 9.98. The van der Waals surface area contributed by atoms with Crippen molar-refractivity contribution in [3.05, 3.63) is 48.0 Å². The van der Waals surface area contributed by atoms with Crippen LogP contribution in [-0.2, 0) is 0 Å². The Balaban J connectivity index is 2.60. The number of allylic oxidation sites excluding steroid dienone is 1. The molecule has 0 unspecified atom stereocenters. The highest BCUT2D eigenvalue weighted by molar-refractivity contribution is 6.19. The van der Waals surface area contributed by atoms with Crippen LogP contribution in [-0.4, -0.2) is 11.0 Å². The van der Waals surface area contributed by atoms with E-state index < -0.39 is 0 Å². The van der Waals surface area contributed by atoms with Crippen molar-refractivity contribution >= 4 is 28.4 Å². The molecule has 0 saturated carbocycles. The lowest BCUT2D eigenvalue weighted by Gasteiger charge is -2.03. The summed E-state index contributed by atoms with van der Waals surface area (Å²) < 4.78 is 0. The van der Waals surface area contributed by atoms with Crippen molar-refractivity contribution < 1.29 is 5.11 Å². The molecular weight excluding hydrogens is 208 g/mol. The fraction of sp³-hybridized carbons (Fsp3) is 0.0769. The van der Waals surface area contributed by atoms with E-state index in [2.05, 4.69) is 0 Å². The van der Waals surface area contributed by atoms with E-state index in [0.29, 0.717) is 11.6 Å². The molecule has 0 heterocycles. The van der Waals surface area contributed by atoms with E-state index in [-0.39, 0.29) is 0 Å². The average molecular weight is 219 g/mol. The molecule has 0 fully saturated rings. The Bertz CT molecular complexity index is 503. The van der Waals surface area contributed by atoms with Crippen molar-refractivity contribution in [2.45, 2.75) is 0 Å². The first-order valence-electron chi connectivity index (χ1n) is 4.76. The number of phenols is 1. The summed E-state index contributed by atoms with van der Waals surface area (Å²) in [4.78, 5) is 0. The molecule has 1 nitrogen and oxygen atoms in total. The normalized spacial score (nSPS) is 11.3. The molecule has 0 radical (unpaired) electrons. The molecule has 0 bridgehead atoms. The summed E-state index contributed by atoms with van der Waals surface area (Å²) in [5.41, 5.74) is 0.800. The third kappa shape index (κ3) is 1.97. The van der Waals surface area contributed by atoms with Gasteiger partial charge in [-0.15, -0.1) is 11.6 Å². The van der Waals surface area contributed by atoms with Crippen LogP contribution in [0.15, 0.2) is 42.5 Å². The molecule has 0 aliphatic heterocycles. The number of halogens is 1. The zero-order valence-corrected chi connectivity index (χ0v) is 8.91. The van der Waals surface area contributed by atoms with Crippen LogP contribution in [0.5, 0.6) is 5.75 Å². The van der Waals surface area contributed by atoms with E-state index in [4.69, 9.17) is 11.6 Å². The summed E-state index contributed by atoms with van der Waals surface area (Å²) >= 11 is 5.55. The van der Waals surface area contributed by atoms with Crippen LogP contribution >= 0.6 is 11.6 Å². The molecule has 0 aliphatic carbocycles. The van der Waals surface area contributed by atoms with Gasteiger partial charge in [0, 0.05) is 16.8 Å². The highest BCUT2D eigenvalue weighted by Crippen LogP contribution is 2.29. The van der Waals surface area contributed by atoms with E-state index in [0.717, 1.165) is 16.3 Å². The van der Waals surface area contributed by atoms with Crippen molar-refractivity contribution in [2.75, 3.05) is 5.88 Å². The summed E-state index contributed by atoms with van der Waals surface area (Å²) in [5, 5.41) is 11.9. The second-order valence-corrected chi connectivity index (χ2v) is 3.59. The summed E-state index contributed by atoms with van der Waals surface area (Å²) in [5.74, 6) is 0.765. The van der Waals surface area contributed by atoms with Crippen molar-refractivity contribution in [3.63, 3.8) is 0 Å². The number of hydrogen-bond acceptors (Lipinski definition) is 1. The summed E-state index contributed by atoms with van der Waals surface area (Å²) in [7, 11) is 0. The Labute approximate surface area is 93.6 Å². The molecule has 0 aliphatic rings. The van der Waals surface area contributed by atoms with Crippen LogP contribution in [0.1, 0.15) is 5.56 Å². The van der Waals surface area contributed by atoms with E-state index in [9.17, 15) is 5.11 Å². The Morgan fingerprint density at radius 1 is 1.13 bits per heavy atom. The molecule has 2 aromatic rings. The van der Waals surface area contributed by atoms with Crippen LogP contribution in [0, 0.1) is 0 Å². The first kappa shape index (κ1) is 10.1. The molecule has 1 N–H and O–H groups in total. The van der Waals surface area contributed by atoms with E-state index in [1.165, 1.54) is 0 Å². The van der Waals surface area contributed by atoms with Crippen LogP contribution in [0.4, 0.5) is 0 Å². The molecule has 0 aromatic heterocycles. The molecule has 0 amide bonds. The number of aromatic hydroxyl groups is 1. The SMILES string of the molecule is Oc1c(C=CCCl)ccc2ccccc12. The van der Waals surface area contributed by atoms with Gasteiger partial charge in [-0.05, 0) is 5.39 Å². The largest absolute Gasteiger partial charge is 0.507 e. The number of benzene rings is 2. The molecule has 76 valence electrons. The van der Waals surface area contributed by atoms with Crippen LogP contribution in [0.2, 0.25) is 0 Å². The van der Waals surface area contributed by atoms with Crippen LogP contribution < -0.4 is 0 Å². The van der Waals surface area contributed by atoms with Gasteiger partial charge in [0.1, 0.15) is 5.75 Å². The number of alkyl halides is 1. The van der Waals surface area contributed by atoms with E-state index in [1.54, 1.807) is 0 Å². The van der Waals surface area contributed by atoms with Gasteiger partial charge >= 0.3 is 0 Å². The van der Waals surface area contributed by atoms with Crippen LogP contribution in [0.3, 0.4) is 0 Å². The third-order valence-corrected chi connectivity index (χ3v) is 2.50. The molecule has 0 spiro atoms. The Morgan fingerprint density at radius 2 is 1.93 bits per heavy atom. The van der Waals surface area contributed by atoms with Crippen molar-refractivity contribution in [3.8, 4) is 5.75 Å². The molecule has 2 heteroatoms. The fourth-order valence-corrected chi connectivity index (χ4v) is 1.67. The molecule has 2 rings (SSSR count). The Morgan fingerprint density at radius 3 is 2.73 bits per heavy atom. The number of phenolic OH excluding ortho intramolecular Hbond substituents is 1. The van der Waals surface area contributed by atoms with E-state index in [1.807, 2.05) is 48.6 Å². The van der Waals surface area contributed by atoms with Crippen molar-refractivity contribution in [1.29, 1.82) is 0 Å². The number of fused-ring (bicyclic) bond motifs is 1. The minimum atomic E-state index is 0.314. The lowest BCUT2D eigenvalue weighted by Crippen LogP contribution is -1.78. The third-order valence-electron chi connectivity index (χ3n) is 2.32. The topological polar surface area (TPSA) is 20.2 Å². The van der Waals surface area contributed by atoms with Gasteiger partial charge in [0.15, 0.2) is 0 Å². The number of rotatable bonds is 2. The zero-order valence-electron chi connectivity index (χ0n) is 8.15. The smallest absolute Gasteiger partial charge is 0.130 e. The van der Waals surface area contributed by atoms with Gasteiger partial charge in [0.05, 0.1) is 0 Å². The minimum Gasteiger partial charge on any atom is -0.507 e. The summed E-state index contributed by atoms with van der Waals surface area (Å²) in [6.07, 6.45) is 3.64. The lowest BCUT2D eigenvalue weighted by atomic mass is 10.1. The standard InChI is InChI=1S/C13H11ClO/c14-9-3-5-11-8-7-10-4-1-2-6-12(10)13(11)15/h1-8,15H,9H2. The summed E-state index contributed by atoms with van der Waals surface area (Å²) in [6, 6.07) is 11.6. The quantitative estimate of drug-likeness (QED) is 0.761. The van der Waals surface area contributed by atoms with Crippen molar-refractivity contribution in [2.24, 2.45) is 0 Å². The molecular formula is C13H11ClO. The summed E-state index contributed by atoms with van der Waals surface area (Å²) in [6.45, 7) is 0. The predicted molar refractivity (Wildman–Crippen MR) is 65.4 cm³/mol. The van der Waals surface area contributed by atoms with Crippen molar-refractivity contribution in [1.82, 2.24) is 0 Å². The second-order valence-electron chi connectivity index (χ2n) is 3.28. The Kier molecular flexibility index (Phi) is 2.93. The Hall–Kier alpha value is -1.47. The van der Waals surface area contributed by atoms with Gasteiger partial charge < -0.3 is 5.11 Å². The van der Waals surface area contributed by atoms with Gasteiger partial charge in [-0.1, -0.05) is 48.6 Å².